The van der Waals surface area contributed by atoms with Gasteiger partial charge in [0.1, 0.15) is 6.04 Å². The second kappa shape index (κ2) is 10.7. The Balaban J connectivity index is 2.14. The average Bonchev–Trinajstić information content (AvgIpc) is 2.67. The molecule has 0 aliphatic rings. The van der Waals surface area contributed by atoms with Crippen molar-refractivity contribution in [1.29, 1.82) is 0 Å². The van der Waals surface area contributed by atoms with E-state index in [4.69, 9.17) is 16.7 Å². The molecule has 144 valence electrons. The Hall–Kier alpha value is -2.37. The molecule has 0 spiro atoms. The van der Waals surface area contributed by atoms with Crippen molar-refractivity contribution < 1.29 is 14.7 Å². The zero-order chi connectivity index (χ0) is 19.6. The Morgan fingerprint density at radius 3 is 2.37 bits per heavy atom. The van der Waals surface area contributed by atoms with E-state index < -0.39 is 6.04 Å². The van der Waals surface area contributed by atoms with Gasteiger partial charge in [-0.3, -0.25) is 9.59 Å². The van der Waals surface area contributed by atoms with Gasteiger partial charge in [-0.05, 0) is 36.6 Å². The minimum atomic E-state index is -0.629. The number of nitrogens with one attached hydrogen (secondary N) is 1. The number of aliphatic hydroxyl groups is 1. The normalized spacial score (nSPS) is 11.7. The lowest BCUT2D eigenvalue weighted by molar-refractivity contribution is -0.140. The molecule has 0 saturated carbocycles. The van der Waals surface area contributed by atoms with E-state index in [1.165, 1.54) is 0 Å². The third-order valence-electron chi connectivity index (χ3n) is 4.27. The van der Waals surface area contributed by atoms with Crippen LogP contribution < -0.4 is 5.32 Å². The lowest BCUT2D eigenvalue weighted by Crippen LogP contribution is -2.48. The van der Waals surface area contributed by atoms with E-state index in [9.17, 15) is 9.59 Å². The zero-order valence-electron chi connectivity index (χ0n) is 15.4. The molecule has 1 unspecified atom stereocenters. The smallest absolute Gasteiger partial charge is 0.242 e. The number of carbonyl (C=O) groups excluding carboxylic acids is 2. The number of aliphatic hydroxyl groups excluding tert-OH is 1. The molecule has 0 aliphatic heterocycles. The van der Waals surface area contributed by atoms with Crippen molar-refractivity contribution in [2.24, 2.45) is 0 Å². The van der Waals surface area contributed by atoms with Gasteiger partial charge in [-0.25, -0.2) is 0 Å². The summed E-state index contributed by atoms with van der Waals surface area (Å²) in [5.74, 6) is -0.361. The SMILES string of the molecule is CC(C(=O)NCCCO)N(Cc1ccc(Cl)cc1)C(=O)Cc1ccccc1. The first-order valence-electron chi connectivity index (χ1n) is 8.97. The second-order valence-electron chi connectivity index (χ2n) is 6.35. The Kier molecular flexibility index (Phi) is 8.30. The van der Waals surface area contributed by atoms with Crippen molar-refractivity contribution in [3.05, 3.63) is 70.7 Å². The highest BCUT2D eigenvalue weighted by Gasteiger charge is 2.26. The molecule has 2 amide bonds. The lowest BCUT2D eigenvalue weighted by Gasteiger charge is -2.29. The fraction of sp³-hybridized carbons (Fsp3) is 0.333. The molecule has 0 aliphatic carbocycles. The molecule has 1 atom stereocenters. The highest BCUT2D eigenvalue weighted by molar-refractivity contribution is 6.30. The summed E-state index contributed by atoms with van der Waals surface area (Å²) in [5, 5.41) is 12.3. The van der Waals surface area contributed by atoms with E-state index in [-0.39, 0.29) is 24.8 Å². The molecule has 0 aromatic heterocycles. The van der Waals surface area contributed by atoms with Crippen molar-refractivity contribution in [3.63, 3.8) is 0 Å². The second-order valence-corrected chi connectivity index (χ2v) is 6.79. The first-order chi connectivity index (χ1) is 13.0. The van der Waals surface area contributed by atoms with Gasteiger partial charge in [0.2, 0.25) is 11.8 Å². The number of halogens is 1. The monoisotopic (exact) mass is 388 g/mol. The molecule has 2 aromatic rings. The van der Waals surface area contributed by atoms with Crippen LogP contribution in [0.15, 0.2) is 54.6 Å². The standard InChI is InChI=1S/C21H25ClN2O3/c1-16(21(27)23-12-5-13-25)24(15-18-8-10-19(22)11-9-18)20(26)14-17-6-3-2-4-7-17/h2-4,6-11,16,25H,5,12-15H2,1H3,(H,23,27). The topological polar surface area (TPSA) is 69.6 Å². The lowest BCUT2D eigenvalue weighted by atomic mass is 10.1. The largest absolute Gasteiger partial charge is 0.396 e. The molecule has 5 nitrogen and oxygen atoms in total. The first kappa shape index (κ1) is 20.9. The van der Waals surface area contributed by atoms with Crippen LogP contribution >= 0.6 is 11.6 Å². The molecule has 0 saturated heterocycles. The molecule has 0 fully saturated rings. The highest BCUT2D eigenvalue weighted by atomic mass is 35.5. The maximum absolute atomic E-state index is 12.9. The number of nitrogens with zero attached hydrogens (tertiary/aromatic N) is 1. The van der Waals surface area contributed by atoms with Crippen molar-refractivity contribution in [1.82, 2.24) is 10.2 Å². The van der Waals surface area contributed by atoms with Crippen molar-refractivity contribution in [2.45, 2.75) is 32.4 Å². The Labute approximate surface area is 165 Å². The molecule has 6 heteroatoms. The van der Waals surface area contributed by atoms with E-state index >= 15 is 0 Å². The van der Waals surface area contributed by atoms with Gasteiger partial charge >= 0.3 is 0 Å². The molecule has 0 radical (unpaired) electrons. The molecule has 2 aromatic carbocycles. The van der Waals surface area contributed by atoms with Gasteiger partial charge in [-0.1, -0.05) is 54.1 Å². The van der Waals surface area contributed by atoms with Gasteiger partial charge in [0.05, 0.1) is 6.42 Å². The summed E-state index contributed by atoms with van der Waals surface area (Å²) in [5.41, 5.74) is 1.80. The Morgan fingerprint density at radius 2 is 1.74 bits per heavy atom. The number of hydrogen-bond donors (Lipinski definition) is 2. The minimum absolute atomic E-state index is 0.0100. The molecular weight excluding hydrogens is 364 g/mol. The van der Waals surface area contributed by atoms with Crippen molar-refractivity contribution >= 4 is 23.4 Å². The number of benzene rings is 2. The van der Waals surface area contributed by atoms with Crippen LogP contribution in [0.2, 0.25) is 5.02 Å². The van der Waals surface area contributed by atoms with Crippen LogP contribution in [0.1, 0.15) is 24.5 Å². The molecule has 0 bridgehead atoms. The van der Waals surface area contributed by atoms with E-state index in [1.807, 2.05) is 42.5 Å². The van der Waals surface area contributed by atoms with E-state index in [2.05, 4.69) is 5.32 Å². The number of carbonyl (C=O) groups is 2. The van der Waals surface area contributed by atoms with Crippen LogP contribution in [0.25, 0.3) is 0 Å². The van der Waals surface area contributed by atoms with E-state index in [0.29, 0.717) is 24.5 Å². The summed E-state index contributed by atoms with van der Waals surface area (Å²) in [4.78, 5) is 27.0. The zero-order valence-corrected chi connectivity index (χ0v) is 16.2. The summed E-state index contributed by atoms with van der Waals surface area (Å²) in [6, 6.07) is 16.1. The van der Waals surface area contributed by atoms with Gasteiger partial charge in [0.15, 0.2) is 0 Å². The first-order valence-corrected chi connectivity index (χ1v) is 9.35. The Bertz CT molecular complexity index is 735. The minimum Gasteiger partial charge on any atom is -0.396 e. The highest BCUT2D eigenvalue weighted by Crippen LogP contribution is 2.15. The summed E-state index contributed by atoms with van der Waals surface area (Å²) in [6.07, 6.45) is 0.705. The third-order valence-corrected chi connectivity index (χ3v) is 4.52. The van der Waals surface area contributed by atoms with Gasteiger partial charge in [0, 0.05) is 24.7 Å². The molecule has 27 heavy (non-hydrogen) atoms. The summed E-state index contributed by atoms with van der Waals surface area (Å²) < 4.78 is 0. The fourth-order valence-corrected chi connectivity index (χ4v) is 2.81. The van der Waals surface area contributed by atoms with Gasteiger partial charge < -0.3 is 15.3 Å². The van der Waals surface area contributed by atoms with Crippen molar-refractivity contribution in [3.8, 4) is 0 Å². The molecule has 0 heterocycles. The van der Waals surface area contributed by atoms with Crippen LogP contribution in [-0.4, -0.2) is 41.0 Å². The van der Waals surface area contributed by atoms with Crippen molar-refractivity contribution in [2.75, 3.05) is 13.2 Å². The van der Waals surface area contributed by atoms with Gasteiger partial charge in [-0.2, -0.15) is 0 Å². The fourth-order valence-electron chi connectivity index (χ4n) is 2.68. The van der Waals surface area contributed by atoms with Crippen LogP contribution in [0.4, 0.5) is 0 Å². The van der Waals surface area contributed by atoms with E-state index in [1.54, 1.807) is 24.0 Å². The Morgan fingerprint density at radius 1 is 1.07 bits per heavy atom. The summed E-state index contributed by atoms with van der Waals surface area (Å²) >= 11 is 5.94. The van der Waals surface area contributed by atoms with Crippen LogP contribution in [0, 0.1) is 0 Å². The van der Waals surface area contributed by atoms with Crippen LogP contribution in [0.5, 0.6) is 0 Å². The van der Waals surface area contributed by atoms with Gasteiger partial charge in [0.25, 0.3) is 0 Å². The molecule has 2 N–H and O–H groups in total. The average molecular weight is 389 g/mol. The number of amides is 2. The predicted octanol–water partition coefficient (Wildman–Crippen LogP) is 2.80. The maximum Gasteiger partial charge on any atom is 0.242 e. The van der Waals surface area contributed by atoms with E-state index in [0.717, 1.165) is 11.1 Å². The van der Waals surface area contributed by atoms with Gasteiger partial charge in [-0.15, -0.1) is 0 Å². The maximum atomic E-state index is 12.9. The number of rotatable bonds is 9. The number of hydrogen-bond acceptors (Lipinski definition) is 3. The molecule has 2 rings (SSSR count). The summed E-state index contributed by atoms with van der Waals surface area (Å²) in [6.45, 7) is 2.42. The van der Waals surface area contributed by atoms with Crippen LogP contribution in [0.3, 0.4) is 0 Å². The quantitative estimate of drug-likeness (QED) is 0.649. The summed E-state index contributed by atoms with van der Waals surface area (Å²) in [7, 11) is 0. The third kappa shape index (κ3) is 6.70. The van der Waals surface area contributed by atoms with Crippen LogP contribution in [-0.2, 0) is 22.6 Å². The molecular formula is C21H25ClN2O3. The predicted molar refractivity (Wildman–Crippen MR) is 106 cm³/mol.